The Labute approximate surface area is 119 Å². The first-order valence-corrected chi connectivity index (χ1v) is 7.79. The number of benzene rings is 1. The molecule has 0 fully saturated rings. The first kappa shape index (κ1) is 15.7. The van der Waals surface area contributed by atoms with E-state index in [1.165, 1.54) is 0 Å². The van der Waals surface area contributed by atoms with Gasteiger partial charge in [0.05, 0.1) is 5.56 Å². The second-order valence-corrected chi connectivity index (χ2v) is 5.61. The highest BCUT2D eigenvalue weighted by atomic mass is 32.2. The lowest BCUT2D eigenvalue weighted by atomic mass is 10.1. The van der Waals surface area contributed by atoms with Crippen LogP contribution in [0.25, 0.3) is 0 Å². The molecule has 4 nitrogen and oxygen atoms in total. The fraction of sp³-hybridized carbons (Fsp3) is 0.500. The molecule has 0 aromatic heterocycles. The third kappa shape index (κ3) is 5.03. The second kappa shape index (κ2) is 7.94. The summed E-state index contributed by atoms with van der Waals surface area (Å²) in [5.74, 6) is 1.08. The molecule has 1 aromatic rings. The average Bonchev–Trinajstić information content (AvgIpc) is 2.37. The number of hydrogen-bond donors (Lipinski definition) is 2. The van der Waals surface area contributed by atoms with E-state index in [2.05, 4.69) is 11.6 Å². The smallest absolute Gasteiger partial charge is 0.253 e. The molecule has 1 aromatic carbocycles. The molecule has 0 saturated carbocycles. The van der Waals surface area contributed by atoms with Gasteiger partial charge in [0.15, 0.2) is 0 Å². The molecule has 1 rings (SSSR count). The normalized spacial score (nSPS) is 10.3. The first-order chi connectivity index (χ1) is 9.06. The molecule has 0 aliphatic rings. The van der Waals surface area contributed by atoms with Crippen LogP contribution in [-0.4, -0.2) is 38.6 Å². The predicted molar refractivity (Wildman–Crippen MR) is 85.1 cm³/mol. The lowest BCUT2D eigenvalue weighted by Crippen LogP contribution is -2.26. The highest BCUT2D eigenvalue weighted by molar-refractivity contribution is 7.98. The van der Waals surface area contributed by atoms with E-state index in [1.807, 2.05) is 42.9 Å². The van der Waals surface area contributed by atoms with Crippen LogP contribution in [0, 0.1) is 0 Å². The molecule has 0 spiro atoms. The van der Waals surface area contributed by atoms with Crippen molar-refractivity contribution in [2.45, 2.75) is 12.8 Å². The maximum atomic E-state index is 12.2. The van der Waals surface area contributed by atoms with Crippen LogP contribution in [0.15, 0.2) is 18.2 Å². The van der Waals surface area contributed by atoms with Crippen LogP contribution >= 0.6 is 11.8 Å². The zero-order valence-electron chi connectivity index (χ0n) is 11.9. The van der Waals surface area contributed by atoms with Gasteiger partial charge >= 0.3 is 0 Å². The van der Waals surface area contributed by atoms with Gasteiger partial charge in [0.1, 0.15) is 0 Å². The van der Waals surface area contributed by atoms with E-state index in [-0.39, 0.29) is 5.91 Å². The first-order valence-electron chi connectivity index (χ1n) is 6.40. The van der Waals surface area contributed by atoms with Gasteiger partial charge < -0.3 is 16.0 Å². The number of carbonyl (C=O) groups is 1. The Morgan fingerprint density at radius 2 is 2.11 bits per heavy atom. The van der Waals surface area contributed by atoms with Crippen LogP contribution in [0.5, 0.6) is 0 Å². The van der Waals surface area contributed by atoms with Gasteiger partial charge in [-0.2, -0.15) is 11.8 Å². The summed E-state index contributed by atoms with van der Waals surface area (Å²) in [6, 6.07) is 5.41. The minimum atomic E-state index is -0.0554. The Morgan fingerprint density at radius 3 is 2.74 bits per heavy atom. The highest BCUT2D eigenvalue weighted by Crippen LogP contribution is 2.21. The van der Waals surface area contributed by atoms with Crippen LogP contribution in [0.3, 0.4) is 0 Å². The fourth-order valence-corrected chi connectivity index (χ4v) is 2.29. The number of anilines is 2. The van der Waals surface area contributed by atoms with Crippen molar-refractivity contribution >= 4 is 29.0 Å². The number of unbranched alkanes of at least 4 members (excludes halogenated alkanes) is 1. The molecule has 0 bridgehead atoms. The van der Waals surface area contributed by atoms with Crippen LogP contribution < -0.4 is 16.0 Å². The summed E-state index contributed by atoms with van der Waals surface area (Å²) in [7, 11) is 3.83. The molecule has 0 unspecified atom stereocenters. The van der Waals surface area contributed by atoms with Gasteiger partial charge in [-0.1, -0.05) is 0 Å². The number of amides is 1. The van der Waals surface area contributed by atoms with E-state index in [0.29, 0.717) is 17.8 Å². The van der Waals surface area contributed by atoms with E-state index in [9.17, 15) is 4.79 Å². The number of carbonyl (C=O) groups excluding carboxylic acids is 1. The molecule has 1 amide bonds. The maximum absolute atomic E-state index is 12.2. The molecule has 106 valence electrons. The number of rotatable bonds is 7. The van der Waals surface area contributed by atoms with Crippen LogP contribution in [0.1, 0.15) is 23.2 Å². The minimum Gasteiger partial charge on any atom is -0.399 e. The quantitative estimate of drug-likeness (QED) is 0.594. The van der Waals surface area contributed by atoms with Crippen molar-refractivity contribution in [1.82, 2.24) is 5.32 Å². The van der Waals surface area contributed by atoms with Gasteiger partial charge in [-0.15, -0.1) is 0 Å². The van der Waals surface area contributed by atoms with Gasteiger partial charge in [-0.05, 0) is 43.0 Å². The molecule has 0 aliphatic carbocycles. The Morgan fingerprint density at radius 1 is 1.37 bits per heavy atom. The van der Waals surface area contributed by atoms with Crippen LogP contribution in [0.4, 0.5) is 11.4 Å². The van der Waals surface area contributed by atoms with Gasteiger partial charge in [-0.25, -0.2) is 0 Å². The van der Waals surface area contributed by atoms with E-state index >= 15 is 0 Å². The van der Waals surface area contributed by atoms with Crippen molar-refractivity contribution in [3.05, 3.63) is 23.8 Å². The Bertz CT molecular complexity index is 421. The number of nitrogens with two attached hydrogens (primary N) is 1. The molecule has 0 radical (unpaired) electrons. The lowest BCUT2D eigenvalue weighted by molar-refractivity contribution is 0.0954. The fourth-order valence-electron chi connectivity index (χ4n) is 1.79. The van der Waals surface area contributed by atoms with Crippen molar-refractivity contribution in [2.24, 2.45) is 0 Å². The summed E-state index contributed by atoms with van der Waals surface area (Å²) in [4.78, 5) is 14.1. The minimum absolute atomic E-state index is 0.0554. The molecule has 0 saturated heterocycles. The molecule has 19 heavy (non-hydrogen) atoms. The zero-order valence-corrected chi connectivity index (χ0v) is 12.7. The highest BCUT2D eigenvalue weighted by Gasteiger charge is 2.12. The number of nitrogens with one attached hydrogen (secondary N) is 1. The van der Waals surface area contributed by atoms with E-state index in [0.717, 1.165) is 24.3 Å². The summed E-state index contributed by atoms with van der Waals surface area (Å²) < 4.78 is 0. The van der Waals surface area contributed by atoms with Crippen molar-refractivity contribution in [2.75, 3.05) is 43.3 Å². The third-order valence-corrected chi connectivity index (χ3v) is 3.50. The van der Waals surface area contributed by atoms with Crippen molar-refractivity contribution in [3.8, 4) is 0 Å². The number of nitrogens with zero attached hydrogens (tertiary/aromatic N) is 1. The van der Waals surface area contributed by atoms with Crippen molar-refractivity contribution in [3.63, 3.8) is 0 Å². The van der Waals surface area contributed by atoms with Crippen LogP contribution in [0.2, 0.25) is 0 Å². The van der Waals surface area contributed by atoms with Gasteiger partial charge in [0.2, 0.25) is 0 Å². The molecule has 3 N–H and O–H groups in total. The predicted octanol–water partition coefficient (Wildman–Crippen LogP) is 2.21. The number of hydrogen-bond acceptors (Lipinski definition) is 4. The molecule has 0 atom stereocenters. The van der Waals surface area contributed by atoms with Crippen molar-refractivity contribution in [1.29, 1.82) is 0 Å². The molecular weight excluding hydrogens is 258 g/mol. The monoisotopic (exact) mass is 281 g/mol. The standard InChI is InChI=1S/C14H23N3OS/c1-17(2)13-7-6-11(15)10-12(13)14(18)16-8-4-5-9-19-3/h6-7,10H,4-5,8-9,15H2,1-3H3,(H,16,18). The summed E-state index contributed by atoms with van der Waals surface area (Å²) in [6.07, 6.45) is 4.22. The summed E-state index contributed by atoms with van der Waals surface area (Å²) in [5.41, 5.74) is 7.89. The van der Waals surface area contributed by atoms with Gasteiger partial charge in [0.25, 0.3) is 5.91 Å². The van der Waals surface area contributed by atoms with Gasteiger partial charge in [0, 0.05) is 32.0 Å². The van der Waals surface area contributed by atoms with E-state index < -0.39 is 0 Å². The Hall–Kier alpha value is -1.36. The van der Waals surface area contributed by atoms with E-state index in [1.54, 1.807) is 6.07 Å². The molecule has 0 heterocycles. The third-order valence-electron chi connectivity index (χ3n) is 2.81. The lowest BCUT2D eigenvalue weighted by Gasteiger charge is -2.17. The summed E-state index contributed by atoms with van der Waals surface area (Å²) in [6.45, 7) is 0.709. The second-order valence-electron chi connectivity index (χ2n) is 4.63. The topological polar surface area (TPSA) is 58.4 Å². The Balaban J connectivity index is 2.63. The maximum Gasteiger partial charge on any atom is 0.253 e. The number of nitrogen functional groups attached to an aromatic ring is 1. The zero-order chi connectivity index (χ0) is 14.3. The molecule has 5 heteroatoms. The average molecular weight is 281 g/mol. The van der Waals surface area contributed by atoms with E-state index in [4.69, 9.17) is 5.73 Å². The SMILES string of the molecule is CSCCCCNC(=O)c1cc(N)ccc1N(C)C. The number of thioether (sulfide) groups is 1. The van der Waals surface area contributed by atoms with Crippen LogP contribution in [-0.2, 0) is 0 Å². The summed E-state index contributed by atoms with van der Waals surface area (Å²) >= 11 is 1.83. The van der Waals surface area contributed by atoms with Crippen molar-refractivity contribution < 1.29 is 4.79 Å². The van der Waals surface area contributed by atoms with Gasteiger partial charge in [-0.3, -0.25) is 4.79 Å². The largest absolute Gasteiger partial charge is 0.399 e. The Kier molecular flexibility index (Phi) is 6.56. The summed E-state index contributed by atoms with van der Waals surface area (Å²) in [5, 5.41) is 2.95. The molecular formula is C14H23N3OS. The molecule has 0 aliphatic heterocycles.